The number of fused-ring (bicyclic) bond motifs is 2. The second-order valence-electron chi connectivity index (χ2n) is 8.12. The van der Waals surface area contributed by atoms with Gasteiger partial charge >= 0.3 is 5.97 Å². The molecule has 30 heavy (non-hydrogen) atoms. The summed E-state index contributed by atoms with van der Waals surface area (Å²) in [5.41, 5.74) is 5.84. The van der Waals surface area contributed by atoms with Crippen molar-refractivity contribution in [2.75, 3.05) is 6.61 Å². The number of nitrogens with zero attached hydrogens (tertiary/aromatic N) is 1. The topological polar surface area (TPSA) is 88.5 Å². The molecule has 6 heteroatoms. The van der Waals surface area contributed by atoms with E-state index < -0.39 is 11.6 Å². The van der Waals surface area contributed by atoms with Crippen molar-refractivity contribution in [3.8, 4) is 0 Å². The first-order chi connectivity index (χ1) is 14.2. The first-order valence-corrected chi connectivity index (χ1v) is 10.2. The molecule has 1 atom stereocenters. The predicted octanol–water partition coefficient (Wildman–Crippen LogP) is 3.19. The van der Waals surface area contributed by atoms with Crippen LogP contribution in [0, 0.1) is 20.8 Å². The molecule has 2 N–H and O–H groups in total. The summed E-state index contributed by atoms with van der Waals surface area (Å²) in [7, 11) is 0. The van der Waals surface area contributed by atoms with Gasteiger partial charge in [-0.25, -0.2) is 9.78 Å². The number of pyridine rings is 1. The first kappa shape index (κ1) is 20.3. The molecule has 0 spiro atoms. The van der Waals surface area contributed by atoms with Crippen molar-refractivity contribution in [2.45, 2.75) is 53.2 Å². The molecule has 0 saturated heterocycles. The Bertz CT molecular complexity index is 1180. The molecule has 2 aliphatic heterocycles. The van der Waals surface area contributed by atoms with Crippen LogP contribution in [0.15, 0.2) is 29.4 Å². The Kier molecular flexibility index (Phi) is 4.77. The molecule has 6 nitrogen and oxygen atoms in total. The van der Waals surface area contributed by atoms with Crippen molar-refractivity contribution in [1.82, 2.24) is 10.3 Å². The molecule has 1 aromatic carbocycles. The van der Waals surface area contributed by atoms with Gasteiger partial charge in [-0.1, -0.05) is 13.0 Å². The number of Topliss-reactive ketones (excluding diaryl/α,β-unsaturated/α-hetero) is 1. The Balaban J connectivity index is 1.95. The average Bonchev–Trinajstić information content (AvgIpc) is 3.11. The number of esters is 1. The molecule has 0 radical (unpaired) electrons. The van der Waals surface area contributed by atoms with E-state index in [0.717, 1.165) is 22.2 Å². The Morgan fingerprint density at radius 1 is 1.30 bits per heavy atom. The summed E-state index contributed by atoms with van der Waals surface area (Å²) in [5, 5.41) is 15.6. The van der Waals surface area contributed by atoms with Gasteiger partial charge in [-0.05, 0) is 62.9 Å². The Morgan fingerprint density at radius 2 is 2.03 bits per heavy atom. The summed E-state index contributed by atoms with van der Waals surface area (Å²) in [4.78, 5) is 29.5. The van der Waals surface area contributed by atoms with E-state index in [-0.39, 0.29) is 18.8 Å². The minimum Gasteiger partial charge on any atom is -0.458 e. The molecule has 2 aliphatic rings. The molecule has 0 fully saturated rings. The van der Waals surface area contributed by atoms with E-state index in [1.54, 1.807) is 13.0 Å². The summed E-state index contributed by atoms with van der Waals surface area (Å²) in [5.74, 6) is -0.956. The van der Waals surface area contributed by atoms with Crippen LogP contribution in [0.4, 0.5) is 0 Å². The number of nitrogens with one attached hydrogen (secondary N) is 1. The van der Waals surface area contributed by atoms with Crippen LogP contribution in [0.2, 0.25) is 0 Å². The molecule has 0 unspecified atom stereocenters. The number of cyclic esters (lactones) is 1. The molecule has 1 aromatic heterocycles. The van der Waals surface area contributed by atoms with E-state index in [9.17, 15) is 14.7 Å². The Hall–Kier alpha value is -2.99. The zero-order chi connectivity index (χ0) is 21.8. The fourth-order valence-electron chi connectivity index (χ4n) is 4.38. The number of hydrogen-bond acceptors (Lipinski definition) is 6. The van der Waals surface area contributed by atoms with Crippen molar-refractivity contribution in [1.29, 1.82) is 0 Å². The number of ketones is 1. The second kappa shape index (κ2) is 7.06. The number of benzene rings is 1. The van der Waals surface area contributed by atoms with Crippen molar-refractivity contribution in [3.05, 3.63) is 57.3 Å². The quantitative estimate of drug-likeness (QED) is 0.761. The maximum atomic E-state index is 12.4. The van der Waals surface area contributed by atoms with Crippen molar-refractivity contribution in [2.24, 2.45) is 0 Å². The third kappa shape index (κ3) is 2.86. The van der Waals surface area contributed by atoms with Gasteiger partial charge in [-0.2, -0.15) is 0 Å². The molecular formula is C24H26N2O4. The number of aryl methyl sites for hydroxylation is 3. The summed E-state index contributed by atoms with van der Waals surface area (Å²) in [6, 6.07) is 4.08. The van der Waals surface area contributed by atoms with E-state index >= 15 is 0 Å². The molecule has 4 rings (SSSR count). The fraction of sp³-hybridized carbons (Fsp3) is 0.375. The summed E-state index contributed by atoms with van der Waals surface area (Å²) in [6.45, 7) is 9.87. The maximum absolute atomic E-state index is 12.4. The predicted molar refractivity (Wildman–Crippen MR) is 115 cm³/mol. The van der Waals surface area contributed by atoms with Gasteiger partial charge in [0.1, 0.15) is 6.61 Å². The number of ether oxygens (including phenoxy) is 1. The van der Waals surface area contributed by atoms with Crippen LogP contribution in [0.3, 0.4) is 0 Å². The zero-order valence-electron chi connectivity index (χ0n) is 18.0. The van der Waals surface area contributed by atoms with Gasteiger partial charge in [-0.3, -0.25) is 4.79 Å². The number of carbonyl (C=O) groups is 2. The summed E-state index contributed by atoms with van der Waals surface area (Å²) >= 11 is 0. The molecule has 0 saturated carbocycles. The van der Waals surface area contributed by atoms with Crippen LogP contribution in [0.5, 0.6) is 0 Å². The van der Waals surface area contributed by atoms with Gasteiger partial charge in [0, 0.05) is 28.6 Å². The average molecular weight is 406 g/mol. The van der Waals surface area contributed by atoms with Crippen LogP contribution >= 0.6 is 0 Å². The van der Waals surface area contributed by atoms with Crippen molar-refractivity contribution in [3.63, 3.8) is 0 Å². The third-order valence-electron chi connectivity index (χ3n) is 6.45. The third-order valence-corrected chi connectivity index (χ3v) is 6.45. The smallest absolute Gasteiger partial charge is 0.343 e. The number of aliphatic hydroxyl groups is 1. The zero-order valence-corrected chi connectivity index (χ0v) is 18.0. The highest BCUT2D eigenvalue weighted by atomic mass is 16.6. The van der Waals surface area contributed by atoms with Crippen molar-refractivity contribution >= 4 is 28.4 Å². The highest BCUT2D eigenvalue weighted by molar-refractivity contribution is 6.00. The van der Waals surface area contributed by atoms with E-state index in [1.165, 1.54) is 23.6 Å². The van der Waals surface area contributed by atoms with Crippen LogP contribution in [-0.2, 0) is 20.9 Å². The van der Waals surface area contributed by atoms with Gasteiger partial charge in [0.2, 0.25) is 0 Å². The van der Waals surface area contributed by atoms with Crippen LogP contribution in [-0.4, -0.2) is 34.1 Å². The minimum absolute atomic E-state index is 0.108. The fourth-order valence-corrected chi connectivity index (χ4v) is 4.38. The molecule has 0 aliphatic carbocycles. The highest BCUT2D eigenvalue weighted by Crippen LogP contribution is 2.37. The molecule has 2 aromatic rings. The number of hydrogen-bond donors (Lipinski definition) is 2. The van der Waals surface area contributed by atoms with Crippen LogP contribution < -0.4 is 5.32 Å². The normalized spacial score (nSPS) is 22.3. The molecule has 0 bridgehead atoms. The van der Waals surface area contributed by atoms with Gasteiger partial charge in [0.25, 0.3) is 0 Å². The van der Waals surface area contributed by atoms with Crippen LogP contribution in [0.25, 0.3) is 16.6 Å². The molecule has 3 heterocycles. The first-order valence-electron chi connectivity index (χ1n) is 10.2. The standard InChI is InChI=1S/C24H26N2O4/c1-6-24(29)18(17(15(5)27)11-30-23(24)28)9-20-22-16(10-25-20)14(4)21-13(3)12(2)7-8-19(21)26-22/h7-9,25,29H,6,10-11H2,1-5H3/b20-9-/t24-/m0/s1. The molecule has 156 valence electrons. The SMILES string of the molecule is CC[C@@]1(O)C(=O)OCC(C(C)=O)=C1/C=C1\NCc2c1nc1ccc(C)c(C)c1c2C. The summed E-state index contributed by atoms with van der Waals surface area (Å²) < 4.78 is 5.09. The molecule has 0 amide bonds. The van der Waals surface area contributed by atoms with Gasteiger partial charge in [0.15, 0.2) is 11.4 Å². The maximum Gasteiger partial charge on any atom is 0.343 e. The van der Waals surface area contributed by atoms with E-state index in [2.05, 4.69) is 32.2 Å². The van der Waals surface area contributed by atoms with E-state index in [1.807, 2.05) is 6.07 Å². The monoisotopic (exact) mass is 406 g/mol. The lowest BCUT2D eigenvalue weighted by Gasteiger charge is -2.32. The van der Waals surface area contributed by atoms with Gasteiger partial charge in [-0.15, -0.1) is 0 Å². The number of aromatic nitrogens is 1. The van der Waals surface area contributed by atoms with Gasteiger partial charge in [0.05, 0.1) is 16.9 Å². The molecular weight excluding hydrogens is 380 g/mol. The lowest BCUT2D eigenvalue weighted by atomic mass is 9.83. The highest BCUT2D eigenvalue weighted by Gasteiger charge is 2.45. The lowest BCUT2D eigenvalue weighted by molar-refractivity contribution is -0.163. The lowest BCUT2D eigenvalue weighted by Crippen LogP contribution is -2.46. The van der Waals surface area contributed by atoms with E-state index in [0.29, 0.717) is 23.4 Å². The largest absolute Gasteiger partial charge is 0.458 e. The number of rotatable bonds is 3. The van der Waals surface area contributed by atoms with E-state index in [4.69, 9.17) is 9.72 Å². The summed E-state index contributed by atoms with van der Waals surface area (Å²) in [6.07, 6.45) is 1.81. The van der Waals surface area contributed by atoms with Crippen LogP contribution in [0.1, 0.15) is 48.2 Å². The second-order valence-corrected chi connectivity index (χ2v) is 8.12. The van der Waals surface area contributed by atoms with Gasteiger partial charge < -0.3 is 15.2 Å². The Labute approximate surface area is 175 Å². The number of carbonyl (C=O) groups excluding carboxylic acids is 2. The Morgan fingerprint density at radius 3 is 2.70 bits per heavy atom. The van der Waals surface area contributed by atoms with Crippen molar-refractivity contribution < 1.29 is 19.4 Å². The minimum atomic E-state index is -1.85.